The Bertz CT molecular complexity index is 419. The van der Waals surface area contributed by atoms with Gasteiger partial charge < -0.3 is 9.47 Å². The zero-order valence-corrected chi connectivity index (χ0v) is 13.8. The van der Waals surface area contributed by atoms with Crippen molar-refractivity contribution in [1.82, 2.24) is 0 Å². The highest BCUT2D eigenvalue weighted by Gasteiger charge is 2.20. The van der Waals surface area contributed by atoms with Crippen LogP contribution in [0.1, 0.15) is 41.5 Å². The molecule has 0 spiro atoms. The van der Waals surface area contributed by atoms with Crippen LogP contribution in [0, 0.1) is 31.3 Å². The maximum atomic E-state index is 6.11. The van der Waals surface area contributed by atoms with Crippen molar-refractivity contribution in [3.63, 3.8) is 0 Å². The highest BCUT2D eigenvalue weighted by atomic mass is 127. The normalized spacial score (nSPS) is 19.9. The van der Waals surface area contributed by atoms with E-state index in [9.17, 15) is 0 Å². The Hall–Kier alpha value is -0.290. The van der Waals surface area contributed by atoms with Crippen molar-refractivity contribution in [3.05, 3.63) is 25.8 Å². The van der Waals surface area contributed by atoms with E-state index >= 15 is 0 Å². The maximum Gasteiger partial charge on any atom is 0.199 e. The summed E-state index contributed by atoms with van der Waals surface area (Å²) in [4.78, 5) is 0. The van der Waals surface area contributed by atoms with Crippen LogP contribution in [0.3, 0.4) is 0 Å². The van der Waals surface area contributed by atoms with Gasteiger partial charge >= 0.3 is 0 Å². The number of halogens is 1. The van der Waals surface area contributed by atoms with Crippen LogP contribution >= 0.6 is 22.6 Å². The summed E-state index contributed by atoms with van der Waals surface area (Å²) in [7, 11) is 0. The van der Waals surface area contributed by atoms with E-state index in [1.165, 1.54) is 32.2 Å². The van der Waals surface area contributed by atoms with Gasteiger partial charge in [0.2, 0.25) is 0 Å². The lowest BCUT2D eigenvalue weighted by Gasteiger charge is -2.26. The van der Waals surface area contributed by atoms with E-state index in [4.69, 9.17) is 9.47 Å². The molecule has 1 aliphatic rings. The summed E-state index contributed by atoms with van der Waals surface area (Å²) < 4.78 is 13.1. The van der Waals surface area contributed by atoms with Crippen LogP contribution in [0.5, 0.6) is 5.75 Å². The first-order valence-electron chi connectivity index (χ1n) is 6.56. The van der Waals surface area contributed by atoms with Crippen LogP contribution in [-0.4, -0.2) is 12.9 Å². The third-order valence-corrected chi connectivity index (χ3v) is 5.47. The van der Waals surface area contributed by atoms with Gasteiger partial charge in [-0.05, 0) is 85.4 Å². The monoisotopic (exact) mass is 360 g/mol. The largest absolute Gasteiger partial charge is 0.464 e. The Morgan fingerprint density at radius 2 is 1.61 bits per heavy atom. The Labute approximate surface area is 123 Å². The lowest BCUT2D eigenvalue weighted by molar-refractivity contribution is -0.106. The molecule has 0 radical (unpaired) electrons. The van der Waals surface area contributed by atoms with Crippen molar-refractivity contribution in [3.8, 4) is 5.75 Å². The molecule has 18 heavy (non-hydrogen) atoms. The van der Waals surface area contributed by atoms with Gasteiger partial charge in [0.15, 0.2) is 6.29 Å². The number of rotatable bonds is 2. The van der Waals surface area contributed by atoms with E-state index in [2.05, 4.69) is 50.3 Å². The SMILES string of the molecule is Cc1c(C)c(OC2CCCCO2)c(C)c(C)c1I. The van der Waals surface area contributed by atoms with Crippen LogP contribution in [0.25, 0.3) is 0 Å². The molecule has 0 aliphatic carbocycles. The fourth-order valence-corrected chi connectivity index (χ4v) is 3.15. The molecule has 1 heterocycles. The summed E-state index contributed by atoms with van der Waals surface area (Å²) in [6, 6.07) is 0. The molecule has 0 saturated carbocycles. The second-order valence-electron chi connectivity index (χ2n) is 5.06. The maximum absolute atomic E-state index is 6.11. The Kier molecular flexibility index (Phi) is 4.54. The zero-order chi connectivity index (χ0) is 13.3. The average molecular weight is 360 g/mol. The van der Waals surface area contributed by atoms with E-state index in [0.29, 0.717) is 0 Å². The Morgan fingerprint density at radius 1 is 1.00 bits per heavy atom. The first kappa shape index (κ1) is 14.1. The minimum atomic E-state index is -0.0602. The smallest absolute Gasteiger partial charge is 0.199 e. The van der Waals surface area contributed by atoms with Crippen LogP contribution in [-0.2, 0) is 4.74 Å². The minimum Gasteiger partial charge on any atom is -0.464 e. The second kappa shape index (κ2) is 5.78. The van der Waals surface area contributed by atoms with Gasteiger partial charge in [-0.1, -0.05) is 0 Å². The van der Waals surface area contributed by atoms with Gasteiger partial charge in [-0.3, -0.25) is 0 Å². The highest BCUT2D eigenvalue weighted by Crippen LogP contribution is 2.34. The summed E-state index contributed by atoms with van der Waals surface area (Å²) in [6.07, 6.45) is 3.30. The molecule has 1 aromatic rings. The molecule has 1 aromatic carbocycles. The van der Waals surface area contributed by atoms with Crippen molar-refractivity contribution in [2.75, 3.05) is 6.61 Å². The Balaban J connectivity index is 2.32. The molecular weight excluding hydrogens is 339 g/mol. The molecule has 1 atom stereocenters. The minimum absolute atomic E-state index is 0.0602. The molecule has 100 valence electrons. The van der Waals surface area contributed by atoms with Crippen LogP contribution in [0.4, 0.5) is 0 Å². The third-order valence-electron chi connectivity index (χ3n) is 3.85. The standard InChI is InChI=1S/C15H21IO2/c1-9-11(3)15(12(4)10(2)14(9)16)18-13-7-5-6-8-17-13/h13H,5-8H2,1-4H3. The van der Waals surface area contributed by atoms with Crippen molar-refractivity contribution in [2.24, 2.45) is 0 Å². The second-order valence-corrected chi connectivity index (χ2v) is 6.14. The van der Waals surface area contributed by atoms with Gasteiger partial charge in [0.1, 0.15) is 5.75 Å². The number of hydrogen-bond donors (Lipinski definition) is 0. The lowest BCUT2D eigenvalue weighted by atomic mass is 10.00. The topological polar surface area (TPSA) is 18.5 Å². The Morgan fingerprint density at radius 3 is 2.11 bits per heavy atom. The van der Waals surface area contributed by atoms with Crippen LogP contribution < -0.4 is 4.74 Å². The van der Waals surface area contributed by atoms with Crippen molar-refractivity contribution < 1.29 is 9.47 Å². The van der Waals surface area contributed by atoms with Crippen LogP contribution in [0.2, 0.25) is 0 Å². The molecule has 3 heteroatoms. The van der Waals surface area contributed by atoms with Gasteiger partial charge in [0.25, 0.3) is 0 Å². The van der Waals surface area contributed by atoms with Crippen LogP contribution in [0.15, 0.2) is 0 Å². The lowest BCUT2D eigenvalue weighted by Crippen LogP contribution is -2.26. The van der Waals surface area contributed by atoms with Gasteiger partial charge in [-0.15, -0.1) is 0 Å². The summed E-state index contributed by atoms with van der Waals surface area (Å²) in [5.41, 5.74) is 5.14. The van der Waals surface area contributed by atoms with E-state index < -0.39 is 0 Å². The van der Waals surface area contributed by atoms with Gasteiger partial charge in [-0.25, -0.2) is 0 Å². The molecular formula is C15H21IO2. The number of ether oxygens (including phenoxy) is 2. The molecule has 0 bridgehead atoms. The first-order chi connectivity index (χ1) is 8.52. The predicted molar refractivity (Wildman–Crippen MR) is 82.3 cm³/mol. The fourth-order valence-electron chi connectivity index (χ4n) is 2.34. The quantitative estimate of drug-likeness (QED) is 0.727. The molecule has 2 rings (SSSR count). The average Bonchev–Trinajstić information content (AvgIpc) is 2.40. The molecule has 0 N–H and O–H groups in total. The van der Waals surface area contributed by atoms with E-state index in [1.807, 2.05) is 0 Å². The van der Waals surface area contributed by atoms with Crippen molar-refractivity contribution >= 4 is 22.6 Å². The summed E-state index contributed by atoms with van der Waals surface area (Å²) in [5, 5.41) is 0. The highest BCUT2D eigenvalue weighted by molar-refractivity contribution is 14.1. The number of benzene rings is 1. The molecule has 1 fully saturated rings. The zero-order valence-electron chi connectivity index (χ0n) is 11.6. The van der Waals surface area contributed by atoms with Gasteiger partial charge in [0, 0.05) is 9.99 Å². The first-order valence-corrected chi connectivity index (χ1v) is 7.64. The summed E-state index contributed by atoms with van der Waals surface area (Å²) in [5.74, 6) is 1.03. The van der Waals surface area contributed by atoms with Gasteiger partial charge in [0.05, 0.1) is 6.61 Å². The van der Waals surface area contributed by atoms with E-state index in [1.54, 1.807) is 0 Å². The molecule has 1 saturated heterocycles. The summed E-state index contributed by atoms with van der Waals surface area (Å²) >= 11 is 2.42. The molecule has 0 amide bonds. The fraction of sp³-hybridized carbons (Fsp3) is 0.600. The van der Waals surface area contributed by atoms with Gasteiger partial charge in [-0.2, -0.15) is 0 Å². The molecule has 0 aromatic heterocycles. The molecule has 1 unspecified atom stereocenters. The van der Waals surface area contributed by atoms with Crippen molar-refractivity contribution in [1.29, 1.82) is 0 Å². The molecule has 1 aliphatic heterocycles. The van der Waals surface area contributed by atoms with Crippen molar-refractivity contribution in [2.45, 2.75) is 53.2 Å². The summed E-state index contributed by atoms with van der Waals surface area (Å²) in [6.45, 7) is 9.44. The predicted octanol–water partition coefficient (Wildman–Crippen LogP) is 4.43. The number of hydrogen-bond acceptors (Lipinski definition) is 2. The molecule has 2 nitrogen and oxygen atoms in total. The third kappa shape index (κ3) is 2.67. The van der Waals surface area contributed by atoms with E-state index in [0.717, 1.165) is 25.2 Å². The van der Waals surface area contributed by atoms with E-state index in [-0.39, 0.29) is 6.29 Å².